The van der Waals surface area contributed by atoms with Crippen LogP contribution >= 0.6 is 15.9 Å². The summed E-state index contributed by atoms with van der Waals surface area (Å²) < 4.78 is 30.2. The second kappa shape index (κ2) is 7.09. The Labute approximate surface area is 135 Å². The molecule has 2 N–H and O–H groups in total. The molecule has 1 aromatic rings. The maximum atomic E-state index is 12.5. The summed E-state index contributed by atoms with van der Waals surface area (Å²) in [4.78, 5) is 0. The van der Waals surface area contributed by atoms with E-state index >= 15 is 0 Å². The van der Waals surface area contributed by atoms with Gasteiger partial charge in [-0.25, -0.2) is 0 Å². The van der Waals surface area contributed by atoms with Crippen molar-refractivity contribution in [3.8, 4) is 0 Å². The van der Waals surface area contributed by atoms with Crippen LogP contribution in [0, 0.1) is 12.8 Å². The van der Waals surface area contributed by atoms with Crippen LogP contribution in [-0.4, -0.2) is 39.4 Å². The molecule has 0 aromatic heterocycles. The predicted octanol–water partition coefficient (Wildman–Crippen LogP) is 2.35. The van der Waals surface area contributed by atoms with Gasteiger partial charge in [0.25, 0.3) is 0 Å². The van der Waals surface area contributed by atoms with Crippen molar-refractivity contribution in [3.05, 3.63) is 28.2 Å². The van der Waals surface area contributed by atoms with Gasteiger partial charge in [-0.2, -0.15) is 12.7 Å². The minimum absolute atomic E-state index is 0.379. The van der Waals surface area contributed by atoms with Crippen molar-refractivity contribution in [1.29, 1.82) is 0 Å². The quantitative estimate of drug-likeness (QED) is 0.829. The van der Waals surface area contributed by atoms with Crippen LogP contribution in [0.4, 0.5) is 5.69 Å². The van der Waals surface area contributed by atoms with Crippen molar-refractivity contribution in [2.75, 3.05) is 31.4 Å². The van der Waals surface area contributed by atoms with Crippen LogP contribution in [0.15, 0.2) is 22.7 Å². The highest BCUT2D eigenvalue weighted by Crippen LogP contribution is 2.24. The maximum Gasteiger partial charge on any atom is 0.301 e. The molecule has 21 heavy (non-hydrogen) atoms. The van der Waals surface area contributed by atoms with Crippen LogP contribution in [0.1, 0.15) is 18.4 Å². The zero-order valence-electron chi connectivity index (χ0n) is 12.4. The fourth-order valence-electron chi connectivity index (χ4n) is 2.61. The molecule has 0 bridgehead atoms. The van der Waals surface area contributed by atoms with Crippen molar-refractivity contribution >= 4 is 31.8 Å². The summed E-state index contributed by atoms with van der Waals surface area (Å²) in [5.74, 6) is 0.379. The smallest absolute Gasteiger partial charge is 0.301 e. The van der Waals surface area contributed by atoms with E-state index in [0.717, 1.165) is 29.4 Å². The van der Waals surface area contributed by atoms with Gasteiger partial charge >= 0.3 is 10.2 Å². The number of nitrogens with one attached hydrogen (secondary N) is 2. The average Bonchev–Trinajstić information content (AvgIpc) is 2.43. The van der Waals surface area contributed by atoms with E-state index in [4.69, 9.17) is 0 Å². The van der Waals surface area contributed by atoms with Gasteiger partial charge in [-0.05, 0) is 57.0 Å². The van der Waals surface area contributed by atoms with Crippen LogP contribution in [0.2, 0.25) is 0 Å². The van der Waals surface area contributed by atoms with E-state index in [2.05, 4.69) is 26.0 Å². The Bertz CT molecular complexity index is 590. The van der Waals surface area contributed by atoms with Crippen LogP contribution < -0.4 is 10.0 Å². The monoisotopic (exact) mass is 375 g/mol. The number of anilines is 1. The molecule has 1 aliphatic rings. The lowest BCUT2D eigenvalue weighted by atomic mass is 10.00. The lowest BCUT2D eigenvalue weighted by Crippen LogP contribution is -2.44. The van der Waals surface area contributed by atoms with Crippen molar-refractivity contribution in [1.82, 2.24) is 9.62 Å². The van der Waals surface area contributed by atoms with Gasteiger partial charge < -0.3 is 5.32 Å². The second-order valence-electron chi connectivity index (χ2n) is 5.49. The van der Waals surface area contributed by atoms with Gasteiger partial charge in [0.2, 0.25) is 0 Å². The summed E-state index contributed by atoms with van der Waals surface area (Å²) in [7, 11) is -1.59. The van der Waals surface area contributed by atoms with Gasteiger partial charge in [-0.1, -0.05) is 22.0 Å². The van der Waals surface area contributed by atoms with E-state index < -0.39 is 10.2 Å². The predicted molar refractivity (Wildman–Crippen MR) is 89.6 cm³/mol. The average molecular weight is 376 g/mol. The first kappa shape index (κ1) is 16.7. The Hall–Kier alpha value is -0.630. The number of hydrogen-bond donors (Lipinski definition) is 2. The summed E-state index contributed by atoms with van der Waals surface area (Å²) in [6.07, 6.45) is 1.98. The Morgan fingerprint density at radius 2 is 2.19 bits per heavy atom. The van der Waals surface area contributed by atoms with E-state index in [-0.39, 0.29) is 0 Å². The number of aryl methyl sites for hydroxylation is 1. The van der Waals surface area contributed by atoms with E-state index in [9.17, 15) is 8.42 Å². The summed E-state index contributed by atoms with van der Waals surface area (Å²) in [5.41, 5.74) is 1.53. The van der Waals surface area contributed by atoms with Crippen LogP contribution in [-0.2, 0) is 10.2 Å². The summed E-state index contributed by atoms with van der Waals surface area (Å²) in [6, 6.07) is 5.58. The highest BCUT2D eigenvalue weighted by Gasteiger charge is 2.28. The van der Waals surface area contributed by atoms with Gasteiger partial charge in [0.15, 0.2) is 0 Å². The Morgan fingerprint density at radius 1 is 1.43 bits per heavy atom. The normalized spacial score (nSPS) is 20.4. The standard InChI is InChI=1S/C14H22BrN3O2S/c1-11-5-6-13(15)8-14(11)17-21(19,20)18-7-3-4-12(10-18)9-16-2/h5-6,8,12,16-17H,3-4,7,9-10H2,1-2H3. The molecule has 1 saturated heterocycles. The lowest BCUT2D eigenvalue weighted by molar-refractivity contribution is 0.264. The third-order valence-electron chi connectivity index (χ3n) is 3.75. The summed E-state index contributed by atoms with van der Waals surface area (Å²) >= 11 is 3.37. The molecule has 0 spiro atoms. The molecule has 2 rings (SSSR count). The van der Waals surface area contributed by atoms with Crippen LogP contribution in [0.25, 0.3) is 0 Å². The first-order valence-electron chi connectivity index (χ1n) is 7.11. The Kier molecular flexibility index (Phi) is 5.65. The van der Waals surface area contributed by atoms with E-state index in [1.807, 2.05) is 26.1 Å². The molecule has 7 heteroatoms. The molecule has 5 nitrogen and oxygen atoms in total. The first-order valence-corrected chi connectivity index (χ1v) is 9.34. The third-order valence-corrected chi connectivity index (χ3v) is 5.74. The largest absolute Gasteiger partial charge is 0.319 e. The molecule has 0 radical (unpaired) electrons. The SMILES string of the molecule is CNCC1CCCN(S(=O)(=O)Nc2cc(Br)ccc2C)C1. The maximum absolute atomic E-state index is 12.5. The van der Waals surface area contributed by atoms with Crippen molar-refractivity contribution < 1.29 is 8.42 Å². The van der Waals surface area contributed by atoms with Crippen LogP contribution in [0.3, 0.4) is 0 Å². The fraction of sp³-hybridized carbons (Fsp3) is 0.571. The lowest BCUT2D eigenvalue weighted by Gasteiger charge is -2.32. The van der Waals surface area contributed by atoms with E-state index in [0.29, 0.717) is 24.7 Å². The van der Waals surface area contributed by atoms with Gasteiger partial charge in [0, 0.05) is 17.6 Å². The van der Waals surface area contributed by atoms with Crippen molar-refractivity contribution in [2.24, 2.45) is 5.92 Å². The number of halogens is 1. The summed E-state index contributed by atoms with van der Waals surface area (Å²) in [6.45, 7) is 3.90. The zero-order valence-corrected chi connectivity index (χ0v) is 14.8. The van der Waals surface area contributed by atoms with Gasteiger partial charge in [-0.3, -0.25) is 4.72 Å². The Morgan fingerprint density at radius 3 is 2.90 bits per heavy atom. The number of piperidine rings is 1. The molecule has 0 amide bonds. The van der Waals surface area contributed by atoms with Crippen LogP contribution in [0.5, 0.6) is 0 Å². The third kappa shape index (κ3) is 4.42. The molecular formula is C14H22BrN3O2S. The fourth-order valence-corrected chi connectivity index (χ4v) is 4.37. The van der Waals surface area contributed by atoms with Gasteiger partial charge in [-0.15, -0.1) is 0 Å². The van der Waals surface area contributed by atoms with Crippen molar-refractivity contribution in [3.63, 3.8) is 0 Å². The molecule has 1 fully saturated rings. The number of hydrogen-bond acceptors (Lipinski definition) is 3. The molecule has 1 atom stereocenters. The molecular weight excluding hydrogens is 354 g/mol. The first-order chi connectivity index (χ1) is 9.92. The van der Waals surface area contributed by atoms with E-state index in [1.54, 1.807) is 10.4 Å². The molecule has 118 valence electrons. The highest BCUT2D eigenvalue weighted by molar-refractivity contribution is 9.10. The number of rotatable bonds is 5. The molecule has 0 saturated carbocycles. The molecule has 1 aromatic carbocycles. The molecule has 1 heterocycles. The van der Waals surface area contributed by atoms with Gasteiger partial charge in [0.05, 0.1) is 5.69 Å². The second-order valence-corrected chi connectivity index (χ2v) is 8.08. The number of nitrogens with zero attached hydrogens (tertiary/aromatic N) is 1. The Balaban J connectivity index is 2.12. The minimum Gasteiger partial charge on any atom is -0.319 e. The van der Waals surface area contributed by atoms with Crippen molar-refractivity contribution in [2.45, 2.75) is 19.8 Å². The number of benzene rings is 1. The minimum atomic E-state index is -3.49. The van der Waals surface area contributed by atoms with E-state index in [1.165, 1.54) is 0 Å². The summed E-state index contributed by atoms with van der Waals surface area (Å²) in [5, 5.41) is 3.13. The molecule has 1 aliphatic heterocycles. The molecule has 1 unspecified atom stereocenters. The topological polar surface area (TPSA) is 61.4 Å². The zero-order chi connectivity index (χ0) is 15.5. The highest BCUT2D eigenvalue weighted by atomic mass is 79.9. The van der Waals surface area contributed by atoms with Gasteiger partial charge in [0.1, 0.15) is 0 Å². The molecule has 0 aliphatic carbocycles.